The zero-order valence-electron chi connectivity index (χ0n) is 12.5. The quantitative estimate of drug-likeness (QED) is 0.622. The molecule has 3 aromatic rings. The van der Waals surface area contributed by atoms with Gasteiger partial charge in [-0.05, 0) is 47.4 Å². The van der Waals surface area contributed by atoms with Gasteiger partial charge in [0.15, 0.2) is 0 Å². The third-order valence-corrected chi connectivity index (χ3v) is 4.38. The topological polar surface area (TPSA) is 24.9 Å². The Bertz CT molecular complexity index is 790. The van der Waals surface area contributed by atoms with Crippen molar-refractivity contribution in [3.63, 3.8) is 0 Å². The summed E-state index contributed by atoms with van der Waals surface area (Å²) in [6, 6.07) is 18.1. The molecule has 1 heterocycles. The maximum Gasteiger partial charge on any atom is 0.0637 e. The van der Waals surface area contributed by atoms with Gasteiger partial charge in [-0.3, -0.25) is 4.98 Å². The Labute approximate surface area is 147 Å². The van der Waals surface area contributed by atoms with E-state index in [4.69, 9.17) is 11.6 Å². The summed E-state index contributed by atoms with van der Waals surface area (Å²) in [5.74, 6) is 0. The van der Waals surface area contributed by atoms with Gasteiger partial charge in [-0.2, -0.15) is 0 Å². The van der Waals surface area contributed by atoms with Crippen LogP contribution in [0.3, 0.4) is 0 Å². The molecule has 116 valence electrons. The molecule has 2 nitrogen and oxygen atoms in total. The molecule has 0 saturated carbocycles. The largest absolute Gasteiger partial charge is 0.380 e. The van der Waals surface area contributed by atoms with Gasteiger partial charge in [-0.15, -0.1) is 12.6 Å². The summed E-state index contributed by atoms with van der Waals surface area (Å²) < 4.78 is 0. The molecule has 0 atom stereocenters. The number of benzene rings is 2. The van der Waals surface area contributed by atoms with Crippen LogP contribution >= 0.6 is 24.2 Å². The minimum Gasteiger partial charge on any atom is -0.380 e. The van der Waals surface area contributed by atoms with Crippen LogP contribution in [0.15, 0.2) is 71.9 Å². The lowest BCUT2D eigenvalue weighted by Gasteiger charge is -2.12. The first-order chi connectivity index (χ1) is 11.2. The molecule has 23 heavy (non-hydrogen) atoms. The lowest BCUT2D eigenvalue weighted by atomic mass is 10.0. The number of nitrogens with zero attached hydrogens (tertiary/aromatic N) is 1. The Morgan fingerprint density at radius 3 is 2.65 bits per heavy atom. The first-order valence-electron chi connectivity index (χ1n) is 7.40. The summed E-state index contributed by atoms with van der Waals surface area (Å²) in [6.45, 7) is 0.684. The molecule has 0 amide bonds. The number of hydrogen-bond acceptors (Lipinski definition) is 3. The number of anilines is 1. The van der Waals surface area contributed by atoms with Crippen LogP contribution in [0.5, 0.6) is 0 Å². The number of rotatable bonds is 5. The van der Waals surface area contributed by atoms with E-state index in [1.165, 1.54) is 11.1 Å². The van der Waals surface area contributed by atoms with Gasteiger partial charge in [0.05, 0.1) is 10.7 Å². The molecule has 0 unspecified atom stereocenters. The zero-order valence-corrected chi connectivity index (χ0v) is 14.2. The maximum atomic E-state index is 6.18. The number of aromatic nitrogens is 1. The van der Waals surface area contributed by atoms with Crippen molar-refractivity contribution in [3.8, 4) is 0 Å². The van der Waals surface area contributed by atoms with Gasteiger partial charge in [-0.1, -0.05) is 41.9 Å². The summed E-state index contributed by atoms with van der Waals surface area (Å²) in [7, 11) is 0. The van der Waals surface area contributed by atoms with Gasteiger partial charge >= 0.3 is 0 Å². The second-order valence-electron chi connectivity index (χ2n) is 5.33. The van der Waals surface area contributed by atoms with Crippen molar-refractivity contribution < 1.29 is 0 Å². The summed E-state index contributed by atoms with van der Waals surface area (Å²) >= 11 is 10.7. The predicted octanol–water partition coefficient (Wildman–Crippen LogP) is 5.23. The van der Waals surface area contributed by atoms with Crippen molar-refractivity contribution in [1.29, 1.82) is 0 Å². The zero-order chi connectivity index (χ0) is 16.1. The predicted molar refractivity (Wildman–Crippen MR) is 99.5 cm³/mol. The van der Waals surface area contributed by atoms with E-state index in [-0.39, 0.29) is 0 Å². The van der Waals surface area contributed by atoms with Crippen LogP contribution in [0.25, 0.3) is 0 Å². The number of nitrogens with one attached hydrogen (secondary N) is 1. The van der Waals surface area contributed by atoms with E-state index in [2.05, 4.69) is 41.1 Å². The van der Waals surface area contributed by atoms with E-state index in [1.807, 2.05) is 42.6 Å². The van der Waals surface area contributed by atoms with Crippen LogP contribution in [-0.4, -0.2) is 4.98 Å². The first-order valence-corrected chi connectivity index (χ1v) is 8.23. The fraction of sp³-hybridized carbons (Fsp3) is 0.105. The summed E-state index contributed by atoms with van der Waals surface area (Å²) in [4.78, 5) is 5.14. The molecule has 0 saturated heterocycles. The monoisotopic (exact) mass is 340 g/mol. The average Bonchev–Trinajstić information content (AvgIpc) is 2.57. The van der Waals surface area contributed by atoms with Crippen molar-refractivity contribution in [2.45, 2.75) is 17.9 Å². The number of hydrogen-bond donors (Lipinski definition) is 2. The lowest BCUT2D eigenvalue weighted by Crippen LogP contribution is -2.02. The standard InChI is InChI=1S/C19H17ClN2S/c20-17-5-1-2-6-18(17)22-13-16-11-14(7-8-19(16)23)10-15-4-3-9-21-12-15/h1-9,11-12,22-23H,10,13H2. The highest BCUT2D eigenvalue weighted by Crippen LogP contribution is 2.23. The highest BCUT2D eigenvalue weighted by Gasteiger charge is 2.04. The summed E-state index contributed by atoms with van der Waals surface area (Å²) in [6.07, 6.45) is 4.55. The number of thiol groups is 1. The molecule has 1 N–H and O–H groups in total. The highest BCUT2D eigenvalue weighted by atomic mass is 35.5. The van der Waals surface area contributed by atoms with Gasteiger partial charge in [0.1, 0.15) is 0 Å². The van der Waals surface area contributed by atoms with E-state index in [9.17, 15) is 0 Å². The molecule has 0 fully saturated rings. The average molecular weight is 341 g/mol. The molecular formula is C19H17ClN2S. The van der Waals surface area contributed by atoms with Crippen LogP contribution in [0.2, 0.25) is 5.02 Å². The van der Waals surface area contributed by atoms with Crippen LogP contribution in [-0.2, 0) is 13.0 Å². The van der Waals surface area contributed by atoms with Gasteiger partial charge in [0, 0.05) is 23.8 Å². The van der Waals surface area contributed by atoms with Gasteiger partial charge in [0.2, 0.25) is 0 Å². The van der Waals surface area contributed by atoms with Crippen LogP contribution in [0, 0.1) is 0 Å². The van der Waals surface area contributed by atoms with Crippen LogP contribution in [0.4, 0.5) is 5.69 Å². The molecule has 0 aliphatic heterocycles. The Kier molecular flexibility index (Phi) is 5.21. The second-order valence-corrected chi connectivity index (χ2v) is 6.22. The molecule has 0 aliphatic carbocycles. The van der Waals surface area contributed by atoms with Gasteiger partial charge in [0.25, 0.3) is 0 Å². The van der Waals surface area contributed by atoms with Crippen LogP contribution < -0.4 is 5.32 Å². The lowest BCUT2D eigenvalue weighted by molar-refractivity contribution is 1.06. The van der Waals surface area contributed by atoms with Gasteiger partial charge < -0.3 is 5.32 Å². The third kappa shape index (κ3) is 4.27. The number of para-hydroxylation sites is 1. The Hall–Kier alpha value is -1.97. The van der Waals surface area contributed by atoms with E-state index in [0.717, 1.165) is 27.6 Å². The molecule has 1 aromatic heterocycles. The summed E-state index contributed by atoms with van der Waals surface area (Å²) in [5.41, 5.74) is 4.52. The third-order valence-electron chi connectivity index (χ3n) is 3.62. The molecule has 0 aliphatic rings. The summed E-state index contributed by atoms with van der Waals surface area (Å²) in [5, 5.41) is 4.09. The molecular weight excluding hydrogens is 324 g/mol. The van der Waals surface area contributed by atoms with Crippen molar-refractivity contribution in [3.05, 3.63) is 88.7 Å². The number of halogens is 1. The fourth-order valence-corrected chi connectivity index (χ4v) is 2.84. The number of pyridine rings is 1. The fourth-order valence-electron chi connectivity index (χ4n) is 2.42. The van der Waals surface area contributed by atoms with Crippen molar-refractivity contribution in [2.75, 3.05) is 5.32 Å². The Morgan fingerprint density at radius 1 is 1.00 bits per heavy atom. The maximum absolute atomic E-state index is 6.18. The SMILES string of the molecule is Sc1ccc(Cc2cccnc2)cc1CNc1ccccc1Cl. The Balaban J connectivity index is 1.74. The van der Waals surface area contributed by atoms with Crippen molar-refractivity contribution in [2.24, 2.45) is 0 Å². The van der Waals surface area contributed by atoms with E-state index in [1.54, 1.807) is 6.20 Å². The van der Waals surface area contributed by atoms with Crippen molar-refractivity contribution in [1.82, 2.24) is 4.98 Å². The molecule has 0 radical (unpaired) electrons. The Morgan fingerprint density at radius 2 is 1.87 bits per heavy atom. The van der Waals surface area contributed by atoms with E-state index in [0.29, 0.717) is 6.54 Å². The van der Waals surface area contributed by atoms with Gasteiger partial charge in [-0.25, -0.2) is 0 Å². The minimum atomic E-state index is 0.684. The molecule has 0 bridgehead atoms. The molecule has 0 spiro atoms. The second kappa shape index (κ2) is 7.53. The van der Waals surface area contributed by atoms with Crippen molar-refractivity contribution >= 4 is 29.9 Å². The first kappa shape index (κ1) is 15.9. The van der Waals surface area contributed by atoms with E-state index >= 15 is 0 Å². The molecule has 2 aromatic carbocycles. The molecule has 3 rings (SSSR count). The minimum absolute atomic E-state index is 0.684. The highest BCUT2D eigenvalue weighted by molar-refractivity contribution is 7.80. The van der Waals surface area contributed by atoms with E-state index < -0.39 is 0 Å². The normalized spacial score (nSPS) is 10.5. The molecule has 4 heteroatoms. The van der Waals surface area contributed by atoms with Crippen LogP contribution in [0.1, 0.15) is 16.7 Å². The smallest absolute Gasteiger partial charge is 0.0637 e.